The van der Waals surface area contributed by atoms with E-state index in [1.807, 2.05) is 0 Å². The van der Waals surface area contributed by atoms with Crippen molar-refractivity contribution in [2.24, 2.45) is 0 Å². The summed E-state index contributed by atoms with van der Waals surface area (Å²) in [6, 6.07) is 8.64. The lowest BCUT2D eigenvalue weighted by Crippen LogP contribution is -2.43. The zero-order chi connectivity index (χ0) is 17.7. The first-order valence-corrected chi connectivity index (χ1v) is 9.64. The molecule has 0 N–H and O–H groups in total. The van der Waals surface area contributed by atoms with E-state index in [0.29, 0.717) is 5.01 Å². The molecule has 0 bridgehead atoms. The van der Waals surface area contributed by atoms with Gasteiger partial charge in [0.2, 0.25) is 0 Å². The summed E-state index contributed by atoms with van der Waals surface area (Å²) in [4.78, 5) is 29.9. The fraction of sp³-hybridized carbons (Fsp3) is 0.368. The molecule has 2 aliphatic heterocycles. The van der Waals surface area contributed by atoms with Gasteiger partial charge in [0.1, 0.15) is 16.7 Å². The number of hydrogen-bond donors (Lipinski definition) is 0. The molecule has 2 aliphatic rings. The predicted molar refractivity (Wildman–Crippen MR) is 102 cm³/mol. The van der Waals surface area contributed by atoms with Gasteiger partial charge in [-0.05, 0) is 44.6 Å². The molecule has 0 unspecified atom stereocenters. The topological polar surface area (TPSA) is 62.2 Å². The number of nitrogens with zero attached hydrogens (tertiary/aromatic N) is 5. The van der Waals surface area contributed by atoms with Crippen LogP contribution in [0.3, 0.4) is 0 Å². The Morgan fingerprint density at radius 2 is 2.00 bits per heavy atom. The van der Waals surface area contributed by atoms with Crippen molar-refractivity contribution in [2.75, 3.05) is 31.6 Å². The van der Waals surface area contributed by atoms with Crippen molar-refractivity contribution in [3.05, 3.63) is 41.2 Å². The summed E-state index contributed by atoms with van der Waals surface area (Å²) in [5.74, 6) is 0.808. The van der Waals surface area contributed by atoms with E-state index in [2.05, 4.69) is 56.1 Å². The molecule has 1 fully saturated rings. The van der Waals surface area contributed by atoms with Gasteiger partial charge in [-0.1, -0.05) is 29.5 Å². The molecule has 7 heteroatoms. The van der Waals surface area contributed by atoms with Gasteiger partial charge in [-0.15, -0.1) is 0 Å². The number of piperidine rings is 1. The van der Waals surface area contributed by atoms with Gasteiger partial charge in [0.15, 0.2) is 17.1 Å². The first-order chi connectivity index (χ1) is 12.7. The van der Waals surface area contributed by atoms with Crippen LogP contribution >= 0.6 is 11.3 Å². The fourth-order valence-electron chi connectivity index (χ4n) is 4.30. The Labute approximate surface area is 155 Å². The van der Waals surface area contributed by atoms with Crippen LogP contribution in [0.25, 0.3) is 10.3 Å². The van der Waals surface area contributed by atoms with Crippen LogP contribution in [0.2, 0.25) is 0 Å². The minimum Gasteiger partial charge on any atom is -0.323 e. The third-order valence-corrected chi connectivity index (χ3v) is 6.61. The van der Waals surface area contributed by atoms with E-state index in [9.17, 15) is 4.79 Å². The first-order valence-electron chi connectivity index (χ1n) is 8.82. The molecule has 1 spiro atoms. The van der Waals surface area contributed by atoms with Crippen molar-refractivity contribution >= 4 is 39.5 Å². The standard InChI is InChI=1S/C19H19N5OS/c1-23-8-6-19(7-9-23)11-24(14-5-3-2-4-13(14)19)17-16-18(21-12-20-17)26-15(10-25)22-16/h2-5,10,12H,6-9,11H2,1H3. The molecule has 26 heavy (non-hydrogen) atoms. The number of hydrogen-bond acceptors (Lipinski definition) is 7. The highest BCUT2D eigenvalue weighted by atomic mass is 32.1. The lowest BCUT2D eigenvalue weighted by Gasteiger charge is -2.38. The first kappa shape index (κ1) is 15.8. The molecular weight excluding hydrogens is 346 g/mol. The van der Waals surface area contributed by atoms with Crippen molar-refractivity contribution in [3.63, 3.8) is 0 Å². The van der Waals surface area contributed by atoms with E-state index in [4.69, 9.17) is 0 Å². The maximum atomic E-state index is 11.2. The molecule has 0 amide bonds. The monoisotopic (exact) mass is 365 g/mol. The van der Waals surface area contributed by atoms with Crippen LogP contribution in [0.4, 0.5) is 11.5 Å². The number of aromatic nitrogens is 3. The van der Waals surface area contributed by atoms with Gasteiger partial charge >= 0.3 is 0 Å². The minimum atomic E-state index is 0.157. The highest BCUT2D eigenvalue weighted by molar-refractivity contribution is 7.19. The number of benzene rings is 1. The summed E-state index contributed by atoms with van der Waals surface area (Å²) >= 11 is 1.32. The van der Waals surface area contributed by atoms with E-state index >= 15 is 0 Å². The number of carbonyl (C=O) groups excluding carboxylic acids is 1. The molecule has 132 valence electrons. The smallest absolute Gasteiger partial charge is 0.178 e. The zero-order valence-electron chi connectivity index (χ0n) is 14.6. The Hall–Kier alpha value is -2.38. The zero-order valence-corrected chi connectivity index (χ0v) is 15.4. The molecule has 6 nitrogen and oxygen atoms in total. The molecule has 0 atom stereocenters. The van der Waals surface area contributed by atoms with Crippen LogP contribution < -0.4 is 4.90 Å². The second kappa shape index (κ2) is 5.82. The molecule has 1 saturated heterocycles. The van der Waals surface area contributed by atoms with Crippen molar-refractivity contribution in [1.29, 1.82) is 0 Å². The van der Waals surface area contributed by atoms with Crippen molar-refractivity contribution in [3.8, 4) is 0 Å². The molecule has 0 radical (unpaired) electrons. The van der Waals surface area contributed by atoms with E-state index in [0.717, 1.165) is 54.9 Å². The van der Waals surface area contributed by atoms with Crippen LogP contribution in [-0.2, 0) is 5.41 Å². The maximum Gasteiger partial charge on any atom is 0.178 e. The van der Waals surface area contributed by atoms with Crippen molar-refractivity contribution in [2.45, 2.75) is 18.3 Å². The van der Waals surface area contributed by atoms with E-state index in [1.165, 1.54) is 22.6 Å². The van der Waals surface area contributed by atoms with E-state index in [-0.39, 0.29) is 5.41 Å². The average Bonchev–Trinajstić information content (AvgIpc) is 3.24. The quantitative estimate of drug-likeness (QED) is 0.651. The maximum absolute atomic E-state index is 11.2. The Morgan fingerprint density at radius 3 is 2.81 bits per heavy atom. The molecule has 0 aliphatic carbocycles. The number of anilines is 2. The SMILES string of the molecule is CN1CCC2(CC1)CN(c1ncnc3sc(C=O)nc13)c1ccccc12. The minimum absolute atomic E-state index is 0.157. The second-order valence-corrected chi connectivity index (χ2v) is 8.22. The normalized spacial score (nSPS) is 19.2. The van der Waals surface area contributed by atoms with Crippen LogP contribution in [-0.4, -0.2) is 52.8 Å². The molecule has 3 aromatic rings. The summed E-state index contributed by atoms with van der Waals surface area (Å²) in [6.45, 7) is 3.11. The van der Waals surface area contributed by atoms with Gasteiger partial charge in [0.25, 0.3) is 0 Å². The van der Waals surface area contributed by atoms with Crippen LogP contribution in [0, 0.1) is 0 Å². The molecule has 5 rings (SSSR count). The number of likely N-dealkylation sites (tertiary alicyclic amines) is 1. The number of carbonyl (C=O) groups is 1. The fourth-order valence-corrected chi connectivity index (χ4v) is 5.02. The van der Waals surface area contributed by atoms with Crippen LogP contribution in [0.15, 0.2) is 30.6 Å². The number of fused-ring (bicyclic) bond motifs is 3. The van der Waals surface area contributed by atoms with Crippen molar-refractivity contribution in [1.82, 2.24) is 19.9 Å². The molecule has 2 aromatic heterocycles. The third kappa shape index (κ3) is 2.27. The lowest BCUT2D eigenvalue weighted by molar-refractivity contribution is 0.112. The Bertz CT molecular complexity index is 993. The lowest BCUT2D eigenvalue weighted by atomic mass is 9.74. The summed E-state index contributed by atoms with van der Waals surface area (Å²) in [7, 11) is 2.19. The highest BCUT2D eigenvalue weighted by Gasteiger charge is 2.45. The van der Waals surface area contributed by atoms with Gasteiger partial charge in [0, 0.05) is 17.6 Å². The molecule has 0 saturated carbocycles. The summed E-state index contributed by atoms with van der Waals surface area (Å²) in [5.41, 5.74) is 3.49. The number of rotatable bonds is 2. The Kier molecular flexibility index (Phi) is 3.55. The Morgan fingerprint density at radius 1 is 1.19 bits per heavy atom. The third-order valence-electron chi connectivity index (χ3n) is 5.72. The molecular formula is C19H19N5OS. The molecule has 1 aromatic carbocycles. The predicted octanol–water partition coefficient (Wildman–Crippen LogP) is 3.01. The van der Waals surface area contributed by atoms with Crippen molar-refractivity contribution < 1.29 is 4.79 Å². The van der Waals surface area contributed by atoms with E-state index in [1.54, 1.807) is 6.33 Å². The van der Waals surface area contributed by atoms with Gasteiger partial charge in [-0.2, -0.15) is 0 Å². The summed E-state index contributed by atoms with van der Waals surface area (Å²) < 4.78 is 0. The number of thiazole rings is 1. The van der Waals surface area contributed by atoms with Gasteiger partial charge in [-0.25, -0.2) is 15.0 Å². The second-order valence-electron chi connectivity index (χ2n) is 7.21. The van der Waals surface area contributed by atoms with E-state index < -0.39 is 0 Å². The Balaban J connectivity index is 1.65. The number of aldehydes is 1. The number of para-hydroxylation sites is 1. The molecule has 4 heterocycles. The average molecular weight is 365 g/mol. The van der Waals surface area contributed by atoms with Crippen LogP contribution in [0.1, 0.15) is 28.2 Å². The summed E-state index contributed by atoms with van der Waals surface area (Å²) in [5, 5.41) is 0.447. The summed E-state index contributed by atoms with van der Waals surface area (Å²) in [6.07, 6.45) is 4.64. The van der Waals surface area contributed by atoms with Gasteiger partial charge in [-0.3, -0.25) is 4.79 Å². The largest absolute Gasteiger partial charge is 0.323 e. The van der Waals surface area contributed by atoms with Crippen LogP contribution in [0.5, 0.6) is 0 Å². The highest BCUT2D eigenvalue weighted by Crippen LogP contribution is 2.49. The van der Waals surface area contributed by atoms with Gasteiger partial charge < -0.3 is 9.80 Å². The van der Waals surface area contributed by atoms with Gasteiger partial charge in [0.05, 0.1) is 0 Å².